The molecule has 2 aromatic rings. The fourth-order valence-electron chi connectivity index (χ4n) is 2.49. The van der Waals surface area contributed by atoms with E-state index in [0.717, 1.165) is 23.6 Å². The highest BCUT2D eigenvalue weighted by molar-refractivity contribution is 6.30. The molecule has 0 unspecified atom stereocenters. The average Bonchev–Trinajstić information content (AvgIpc) is 3.10. The number of aryl methyl sites for hydroxylation is 1. The molecule has 0 spiro atoms. The number of rotatable bonds is 6. The summed E-state index contributed by atoms with van der Waals surface area (Å²) in [5.41, 5.74) is 1.36. The topological polar surface area (TPSA) is 55.1 Å². The lowest BCUT2D eigenvalue weighted by Crippen LogP contribution is -2.32. The van der Waals surface area contributed by atoms with Crippen molar-refractivity contribution in [2.45, 2.75) is 31.1 Å². The van der Waals surface area contributed by atoms with E-state index < -0.39 is 0 Å². The maximum Gasteiger partial charge on any atom is 0.220 e. The predicted molar refractivity (Wildman–Crippen MR) is 80.2 cm³/mol. The molecule has 1 aromatic carbocycles. The zero-order chi connectivity index (χ0) is 14.7. The second kappa shape index (κ2) is 5.90. The molecule has 1 aromatic heterocycles. The summed E-state index contributed by atoms with van der Waals surface area (Å²) in [7, 11) is 0. The van der Waals surface area contributed by atoms with Gasteiger partial charge in [-0.2, -0.15) is 0 Å². The van der Waals surface area contributed by atoms with Crippen LogP contribution in [0.1, 0.15) is 30.6 Å². The largest absolute Gasteiger partial charge is 0.361 e. The Morgan fingerprint density at radius 2 is 2.05 bits per heavy atom. The number of hydrogen-bond acceptors (Lipinski definition) is 3. The van der Waals surface area contributed by atoms with E-state index in [2.05, 4.69) is 22.6 Å². The molecule has 1 N–H and O–H groups in total. The molecule has 1 saturated carbocycles. The third kappa shape index (κ3) is 3.45. The van der Waals surface area contributed by atoms with Crippen LogP contribution in [0.2, 0.25) is 5.02 Å². The van der Waals surface area contributed by atoms with Gasteiger partial charge >= 0.3 is 0 Å². The van der Waals surface area contributed by atoms with E-state index in [1.165, 1.54) is 5.56 Å². The van der Waals surface area contributed by atoms with Crippen LogP contribution in [-0.4, -0.2) is 17.6 Å². The molecule has 1 amide bonds. The van der Waals surface area contributed by atoms with E-state index in [-0.39, 0.29) is 11.3 Å². The van der Waals surface area contributed by atoms with E-state index in [1.807, 2.05) is 12.1 Å². The first-order valence-electron chi connectivity index (χ1n) is 7.10. The second-order valence-electron chi connectivity index (χ2n) is 5.54. The van der Waals surface area contributed by atoms with Gasteiger partial charge in [0.05, 0.1) is 6.20 Å². The van der Waals surface area contributed by atoms with Gasteiger partial charge in [-0.3, -0.25) is 4.79 Å². The minimum Gasteiger partial charge on any atom is -0.361 e. The highest BCUT2D eigenvalue weighted by Gasteiger charge is 2.44. The Balaban J connectivity index is 1.50. The van der Waals surface area contributed by atoms with E-state index in [0.29, 0.717) is 19.4 Å². The maximum atomic E-state index is 11.9. The van der Waals surface area contributed by atoms with Crippen LogP contribution in [0, 0.1) is 0 Å². The minimum atomic E-state index is 0.0478. The molecule has 4 nitrogen and oxygen atoms in total. The van der Waals surface area contributed by atoms with Crippen molar-refractivity contribution in [2.24, 2.45) is 0 Å². The Kier molecular flexibility index (Phi) is 3.97. The summed E-state index contributed by atoms with van der Waals surface area (Å²) in [6, 6.07) is 9.70. The van der Waals surface area contributed by atoms with Gasteiger partial charge in [-0.15, -0.1) is 0 Å². The third-order valence-corrected chi connectivity index (χ3v) is 4.28. The van der Waals surface area contributed by atoms with E-state index >= 15 is 0 Å². The van der Waals surface area contributed by atoms with Crippen LogP contribution in [0.15, 0.2) is 41.1 Å². The molecule has 0 bridgehead atoms. The summed E-state index contributed by atoms with van der Waals surface area (Å²) in [6.07, 6.45) is 4.81. The number of nitrogens with one attached hydrogen (secondary N) is 1. The fraction of sp³-hybridized carbons (Fsp3) is 0.375. The SMILES string of the molecule is O=C(CCc1ccno1)NCC1(c2ccc(Cl)cc2)CC1. The summed E-state index contributed by atoms with van der Waals surface area (Å²) in [5, 5.41) is 7.39. The van der Waals surface area contributed by atoms with Crippen LogP contribution in [0.25, 0.3) is 0 Å². The Bertz CT molecular complexity index is 604. The number of halogens is 1. The fourth-order valence-corrected chi connectivity index (χ4v) is 2.61. The zero-order valence-electron chi connectivity index (χ0n) is 11.6. The third-order valence-electron chi connectivity index (χ3n) is 4.02. The molecule has 5 heteroatoms. The van der Waals surface area contributed by atoms with Crippen LogP contribution >= 0.6 is 11.6 Å². The molecule has 1 aliphatic carbocycles. The molecular weight excluding hydrogens is 288 g/mol. The van der Waals surface area contributed by atoms with Gasteiger partial charge in [0.15, 0.2) is 0 Å². The van der Waals surface area contributed by atoms with Gasteiger partial charge in [-0.25, -0.2) is 0 Å². The Labute approximate surface area is 128 Å². The molecule has 21 heavy (non-hydrogen) atoms. The van der Waals surface area contributed by atoms with Crippen molar-refractivity contribution in [1.29, 1.82) is 0 Å². The van der Waals surface area contributed by atoms with Crippen molar-refractivity contribution in [3.8, 4) is 0 Å². The van der Waals surface area contributed by atoms with Crippen molar-refractivity contribution in [2.75, 3.05) is 6.54 Å². The number of carbonyl (C=O) groups is 1. The van der Waals surface area contributed by atoms with Crippen LogP contribution in [0.5, 0.6) is 0 Å². The van der Waals surface area contributed by atoms with Crippen molar-refractivity contribution < 1.29 is 9.32 Å². The van der Waals surface area contributed by atoms with Gasteiger partial charge in [0.2, 0.25) is 5.91 Å². The van der Waals surface area contributed by atoms with Crippen LogP contribution in [-0.2, 0) is 16.6 Å². The summed E-state index contributed by atoms with van der Waals surface area (Å²) >= 11 is 5.92. The molecule has 3 rings (SSSR count). The van der Waals surface area contributed by atoms with Gasteiger partial charge < -0.3 is 9.84 Å². The number of hydrogen-bond donors (Lipinski definition) is 1. The zero-order valence-corrected chi connectivity index (χ0v) is 12.4. The lowest BCUT2D eigenvalue weighted by Gasteiger charge is -2.16. The molecular formula is C16H17ClN2O2. The highest BCUT2D eigenvalue weighted by atomic mass is 35.5. The lowest BCUT2D eigenvalue weighted by molar-refractivity contribution is -0.121. The molecule has 0 aliphatic heterocycles. The first-order chi connectivity index (χ1) is 10.2. The number of aromatic nitrogens is 1. The Hall–Kier alpha value is -1.81. The van der Waals surface area contributed by atoms with Crippen molar-refractivity contribution in [1.82, 2.24) is 10.5 Å². The van der Waals surface area contributed by atoms with E-state index in [1.54, 1.807) is 12.3 Å². The van der Waals surface area contributed by atoms with Crippen LogP contribution in [0.4, 0.5) is 0 Å². The molecule has 0 atom stereocenters. The van der Waals surface area contributed by atoms with E-state index in [4.69, 9.17) is 16.1 Å². The summed E-state index contributed by atoms with van der Waals surface area (Å²) < 4.78 is 4.98. The minimum absolute atomic E-state index is 0.0478. The number of nitrogens with zero attached hydrogens (tertiary/aromatic N) is 1. The molecule has 0 saturated heterocycles. The standard InChI is InChI=1S/C16H17ClN2O2/c17-13-3-1-12(2-4-13)16(8-9-16)11-18-15(20)6-5-14-7-10-19-21-14/h1-4,7,10H,5-6,8-9,11H2,(H,18,20). The normalized spacial score (nSPS) is 15.7. The molecule has 0 radical (unpaired) electrons. The van der Waals surface area contributed by atoms with Crippen molar-refractivity contribution in [3.63, 3.8) is 0 Å². The van der Waals surface area contributed by atoms with Gasteiger partial charge in [0, 0.05) is 35.9 Å². The quantitative estimate of drug-likeness (QED) is 0.892. The van der Waals surface area contributed by atoms with Crippen LogP contribution in [0.3, 0.4) is 0 Å². The molecule has 1 heterocycles. The number of benzene rings is 1. The highest BCUT2D eigenvalue weighted by Crippen LogP contribution is 2.47. The summed E-state index contributed by atoms with van der Waals surface area (Å²) in [4.78, 5) is 11.9. The first kappa shape index (κ1) is 14.1. The lowest BCUT2D eigenvalue weighted by atomic mass is 9.96. The molecule has 1 aliphatic rings. The van der Waals surface area contributed by atoms with Crippen molar-refractivity contribution >= 4 is 17.5 Å². The molecule has 1 fully saturated rings. The molecule has 110 valence electrons. The van der Waals surface area contributed by atoms with Gasteiger partial charge in [-0.05, 0) is 30.5 Å². The van der Waals surface area contributed by atoms with Crippen LogP contribution < -0.4 is 5.32 Å². The number of carbonyl (C=O) groups excluding carboxylic acids is 1. The second-order valence-corrected chi connectivity index (χ2v) is 5.98. The summed E-state index contributed by atoms with van der Waals surface area (Å²) in [6.45, 7) is 0.684. The number of amides is 1. The Morgan fingerprint density at radius 3 is 2.67 bits per heavy atom. The smallest absolute Gasteiger partial charge is 0.220 e. The predicted octanol–water partition coefficient (Wildman–Crippen LogP) is 3.11. The van der Waals surface area contributed by atoms with Gasteiger partial charge in [-0.1, -0.05) is 28.9 Å². The first-order valence-corrected chi connectivity index (χ1v) is 7.48. The maximum absolute atomic E-state index is 11.9. The monoisotopic (exact) mass is 304 g/mol. The van der Waals surface area contributed by atoms with E-state index in [9.17, 15) is 4.79 Å². The van der Waals surface area contributed by atoms with Gasteiger partial charge in [0.25, 0.3) is 0 Å². The Morgan fingerprint density at radius 1 is 1.29 bits per heavy atom. The van der Waals surface area contributed by atoms with Gasteiger partial charge in [0.1, 0.15) is 5.76 Å². The van der Waals surface area contributed by atoms with Crippen molar-refractivity contribution in [3.05, 3.63) is 52.9 Å². The summed E-state index contributed by atoms with van der Waals surface area (Å²) in [5.74, 6) is 0.788. The average molecular weight is 305 g/mol.